The first-order valence-electron chi connectivity index (χ1n) is 15.0. The first-order chi connectivity index (χ1) is 21.3. The molecule has 11 nitrogen and oxygen atoms in total. The number of anilines is 3. The number of carbonyl (C=O) groups excluding carboxylic acids is 1. The first kappa shape index (κ1) is 29.8. The number of amides is 1. The topological polar surface area (TPSA) is 119 Å². The van der Waals surface area contributed by atoms with Gasteiger partial charge in [0, 0.05) is 43.6 Å². The van der Waals surface area contributed by atoms with E-state index in [0.717, 1.165) is 31.1 Å². The molecule has 5 heterocycles. The molecule has 232 valence electrons. The Morgan fingerprint density at radius 3 is 2.57 bits per heavy atom. The molecule has 2 N–H and O–H groups in total. The lowest BCUT2D eigenvalue weighted by atomic mass is 9.96. The maximum absolute atomic E-state index is 15.0. The van der Waals surface area contributed by atoms with Gasteiger partial charge >= 0.3 is 0 Å². The van der Waals surface area contributed by atoms with Crippen molar-refractivity contribution in [3.8, 4) is 11.3 Å². The maximum atomic E-state index is 15.0. The lowest BCUT2D eigenvalue weighted by molar-refractivity contribution is -0.202. The number of ether oxygens (including phenoxy) is 1. The predicted octanol–water partition coefficient (Wildman–Crippen LogP) is 5.59. The van der Waals surface area contributed by atoms with E-state index in [9.17, 15) is 9.18 Å². The number of halogens is 2. The van der Waals surface area contributed by atoms with Crippen molar-refractivity contribution in [3.63, 3.8) is 0 Å². The molecule has 6 rings (SSSR count). The highest BCUT2D eigenvalue weighted by molar-refractivity contribution is 5.83. The van der Waals surface area contributed by atoms with Gasteiger partial charge in [-0.3, -0.25) is 4.79 Å². The summed E-state index contributed by atoms with van der Waals surface area (Å²) in [6, 6.07) is 6.69. The van der Waals surface area contributed by atoms with Gasteiger partial charge in [-0.25, -0.2) is 39.0 Å². The molecule has 1 unspecified atom stereocenters. The van der Waals surface area contributed by atoms with Crippen molar-refractivity contribution in [2.75, 3.05) is 29.9 Å². The van der Waals surface area contributed by atoms with E-state index in [4.69, 9.17) is 9.57 Å². The number of imidazole rings is 1. The Bertz CT molecular complexity index is 1630. The second kappa shape index (κ2) is 12.8. The van der Waals surface area contributed by atoms with Gasteiger partial charge in [0.15, 0.2) is 17.9 Å². The van der Waals surface area contributed by atoms with Crippen LogP contribution < -0.4 is 15.7 Å². The van der Waals surface area contributed by atoms with Gasteiger partial charge in [0.05, 0.1) is 23.6 Å². The second-order valence-corrected chi connectivity index (χ2v) is 11.5. The van der Waals surface area contributed by atoms with Gasteiger partial charge in [0.25, 0.3) is 0 Å². The third-order valence-electron chi connectivity index (χ3n) is 8.11. The van der Waals surface area contributed by atoms with Crippen LogP contribution in [0, 0.1) is 24.5 Å². The van der Waals surface area contributed by atoms with Crippen LogP contribution >= 0.6 is 0 Å². The van der Waals surface area contributed by atoms with Crippen molar-refractivity contribution in [2.45, 2.75) is 65.2 Å². The molecule has 3 aromatic heterocycles. The van der Waals surface area contributed by atoms with Crippen molar-refractivity contribution in [2.24, 2.45) is 5.92 Å². The number of hydrogen-bond acceptors (Lipinski definition) is 9. The van der Waals surface area contributed by atoms with Crippen molar-refractivity contribution in [1.82, 2.24) is 30.0 Å². The van der Waals surface area contributed by atoms with Crippen LogP contribution in [0.2, 0.25) is 0 Å². The largest absolute Gasteiger partial charge is 0.370 e. The molecule has 0 radical (unpaired) electrons. The zero-order chi connectivity index (χ0) is 30.8. The summed E-state index contributed by atoms with van der Waals surface area (Å²) in [5.74, 6) is -0.180. The summed E-state index contributed by atoms with van der Waals surface area (Å²) in [5, 5.41) is 3.01. The smallest absolute Gasteiger partial charge is 0.246 e. The third kappa shape index (κ3) is 6.34. The fraction of sp³-hybridized carbons (Fsp3) is 0.452. The number of hydrogen-bond donors (Lipinski definition) is 2. The summed E-state index contributed by atoms with van der Waals surface area (Å²) in [6.07, 6.45) is 6.64. The van der Waals surface area contributed by atoms with Crippen LogP contribution in [-0.2, 0) is 14.4 Å². The number of fused-ring (bicyclic) bond motifs is 1. The van der Waals surface area contributed by atoms with Crippen LogP contribution in [0.3, 0.4) is 0 Å². The molecule has 2 aliphatic rings. The SMILES string of the molecule is Cc1nc2c(F)cc(-c3nc(Nc4ccc(N5CCC(C(=O)NOC6CCCCO6)CC5)cn4)ncc3F)cc2n1C(C)C. The summed E-state index contributed by atoms with van der Waals surface area (Å²) in [6.45, 7) is 7.84. The number of aryl methyl sites for hydroxylation is 1. The van der Waals surface area contributed by atoms with E-state index in [0.29, 0.717) is 49.7 Å². The summed E-state index contributed by atoms with van der Waals surface area (Å²) in [4.78, 5) is 37.4. The minimum atomic E-state index is -0.670. The van der Waals surface area contributed by atoms with Gasteiger partial charge in [-0.05, 0) is 70.7 Å². The zero-order valence-electron chi connectivity index (χ0n) is 25.0. The van der Waals surface area contributed by atoms with Crippen molar-refractivity contribution in [1.29, 1.82) is 0 Å². The number of carbonyl (C=O) groups is 1. The standard InChI is InChI=1S/C31H36F2N8O3/c1-18(2)41-19(3)36-29-23(32)14-21(15-25(29)41)28-24(33)17-35-31(38-28)37-26-8-7-22(16-34-26)40-11-9-20(10-12-40)30(42)39-44-27-6-4-5-13-43-27/h7-8,14-18,20,27H,4-6,9-13H2,1-3H3,(H,39,42)(H,34,35,37,38). The van der Waals surface area contributed by atoms with Crippen molar-refractivity contribution in [3.05, 3.63) is 54.1 Å². The van der Waals surface area contributed by atoms with E-state index < -0.39 is 11.6 Å². The van der Waals surface area contributed by atoms with Gasteiger partial charge in [0.1, 0.15) is 22.9 Å². The average Bonchev–Trinajstić information content (AvgIpc) is 3.38. The molecule has 0 spiro atoms. The lowest BCUT2D eigenvalue weighted by Gasteiger charge is -2.33. The van der Waals surface area contributed by atoms with E-state index in [-0.39, 0.29) is 46.9 Å². The van der Waals surface area contributed by atoms with Gasteiger partial charge in [-0.15, -0.1) is 0 Å². The van der Waals surface area contributed by atoms with Crippen LogP contribution in [0.4, 0.5) is 26.2 Å². The molecular formula is C31H36F2N8O3. The number of rotatable bonds is 8. The molecule has 0 saturated carbocycles. The molecule has 44 heavy (non-hydrogen) atoms. The van der Waals surface area contributed by atoms with Gasteiger partial charge in [-0.1, -0.05) is 0 Å². The first-order valence-corrected chi connectivity index (χ1v) is 15.0. The monoisotopic (exact) mass is 606 g/mol. The Morgan fingerprint density at radius 1 is 1.05 bits per heavy atom. The Balaban J connectivity index is 1.09. The molecule has 2 aliphatic heterocycles. The molecule has 13 heteroatoms. The van der Waals surface area contributed by atoms with E-state index in [1.54, 1.807) is 18.3 Å². The zero-order valence-corrected chi connectivity index (χ0v) is 25.0. The molecular weight excluding hydrogens is 570 g/mol. The molecule has 1 amide bonds. The lowest BCUT2D eigenvalue weighted by Crippen LogP contribution is -2.42. The van der Waals surface area contributed by atoms with Gasteiger partial charge in [-0.2, -0.15) is 0 Å². The fourth-order valence-electron chi connectivity index (χ4n) is 5.86. The highest BCUT2D eigenvalue weighted by atomic mass is 19.1. The van der Waals surface area contributed by atoms with Gasteiger partial charge in [0.2, 0.25) is 11.9 Å². The second-order valence-electron chi connectivity index (χ2n) is 11.5. The summed E-state index contributed by atoms with van der Waals surface area (Å²) < 4.78 is 37.3. The van der Waals surface area contributed by atoms with E-state index in [1.807, 2.05) is 31.4 Å². The van der Waals surface area contributed by atoms with Crippen LogP contribution in [0.1, 0.15) is 57.8 Å². The van der Waals surface area contributed by atoms with Crippen molar-refractivity contribution >= 4 is 34.4 Å². The number of hydroxylamine groups is 1. The molecule has 0 bridgehead atoms. The number of piperidine rings is 1. The molecule has 0 aliphatic carbocycles. The number of pyridine rings is 1. The van der Waals surface area contributed by atoms with E-state index >= 15 is 4.39 Å². The van der Waals surface area contributed by atoms with E-state index in [1.165, 1.54) is 6.07 Å². The van der Waals surface area contributed by atoms with Crippen LogP contribution in [0.5, 0.6) is 0 Å². The molecule has 2 fully saturated rings. The molecule has 1 atom stereocenters. The number of nitrogens with one attached hydrogen (secondary N) is 2. The number of aromatic nitrogens is 5. The third-order valence-corrected chi connectivity index (χ3v) is 8.11. The average molecular weight is 607 g/mol. The minimum Gasteiger partial charge on any atom is -0.370 e. The summed E-state index contributed by atoms with van der Waals surface area (Å²) in [5.41, 5.74) is 4.57. The van der Waals surface area contributed by atoms with Crippen LogP contribution in [0.25, 0.3) is 22.3 Å². The molecule has 4 aromatic rings. The maximum Gasteiger partial charge on any atom is 0.246 e. The quantitative estimate of drug-likeness (QED) is 0.247. The molecule has 1 aromatic carbocycles. The number of nitrogens with zero attached hydrogens (tertiary/aromatic N) is 6. The Kier molecular flexibility index (Phi) is 8.67. The molecule has 2 saturated heterocycles. The number of benzene rings is 1. The highest BCUT2D eigenvalue weighted by Gasteiger charge is 2.27. The fourth-order valence-corrected chi connectivity index (χ4v) is 5.86. The van der Waals surface area contributed by atoms with Crippen molar-refractivity contribution < 1.29 is 23.1 Å². The van der Waals surface area contributed by atoms with Crippen LogP contribution in [0.15, 0.2) is 36.7 Å². The van der Waals surface area contributed by atoms with E-state index in [2.05, 4.69) is 35.6 Å². The Morgan fingerprint density at radius 2 is 1.86 bits per heavy atom. The summed E-state index contributed by atoms with van der Waals surface area (Å²) in [7, 11) is 0. The summed E-state index contributed by atoms with van der Waals surface area (Å²) >= 11 is 0. The minimum absolute atomic E-state index is 0.0299. The predicted molar refractivity (Wildman–Crippen MR) is 161 cm³/mol. The van der Waals surface area contributed by atoms with Gasteiger partial charge < -0.3 is 19.5 Å². The Labute approximate surface area is 254 Å². The normalized spacial score (nSPS) is 17.8. The highest BCUT2D eigenvalue weighted by Crippen LogP contribution is 2.31. The van der Waals surface area contributed by atoms with Crippen LogP contribution in [-0.4, -0.2) is 56.4 Å². The Hall–Kier alpha value is -4.23.